The quantitative estimate of drug-likeness (QED) is 0.832. The molecule has 0 amide bonds. The van der Waals surface area contributed by atoms with E-state index in [1.807, 2.05) is 11.4 Å². The van der Waals surface area contributed by atoms with Gasteiger partial charge in [0.25, 0.3) is 0 Å². The predicted molar refractivity (Wildman–Crippen MR) is 54.1 cm³/mol. The second-order valence-corrected chi connectivity index (χ2v) is 3.93. The number of aliphatic hydroxyl groups is 1. The highest BCUT2D eigenvalue weighted by atomic mass is 32.1. The Morgan fingerprint density at radius 2 is 2.50 bits per heavy atom. The molecule has 14 heavy (non-hydrogen) atoms. The molecule has 2 heterocycles. The highest BCUT2D eigenvalue weighted by molar-refractivity contribution is 7.07. The maximum Gasteiger partial charge on any atom is 0.111 e. The van der Waals surface area contributed by atoms with Gasteiger partial charge in [0.05, 0.1) is 18.8 Å². The van der Waals surface area contributed by atoms with Crippen LogP contribution in [0.4, 0.5) is 0 Å². The van der Waals surface area contributed by atoms with Crippen molar-refractivity contribution in [2.45, 2.75) is 19.6 Å². The molecule has 0 bridgehead atoms. The fourth-order valence-electron chi connectivity index (χ4n) is 1.15. The minimum absolute atomic E-state index is 0.550. The number of aliphatic hydroxyl groups excluding tert-OH is 1. The topological polar surface area (TPSA) is 50.9 Å². The molecule has 2 aromatic rings. The molecule has 1 atom stereocenters. The molecule has 0 radical (unpaired) electrons. The molecule has 4 nitrogen and oxygen atoms in total. The van der Waals surface area contributed by atoms with E-state index in [9.17, 15) is 5.11 Å². The summed E-state index contributed by atoms with van der Waals surface area (Å²) < 4.78 is 1.73. The highest BCUT2D eigenvalue weighted by Crippen LogP contribution is 2.10. The molecule has 0 saturated carbocycles. The fraction of sp³-hybridized carbons (Fsp3) is 0.333. The first-order chi connectivity index (χ1) is 6.75. The molecule has 1 unspecified atom stereocenters. The van der Waals surface area contributed by atoms with Crippen LogP contribution in [0.1, 0.15) is 24.3 Å². The van der Waals surface area contributed by atoms with Crippen molar-refractivity contribution < 1.29 is 5.11 Å². The van der Waals surface area contributed by atoms with Gasteiger partial charge in [0, 0.05) is 0 Å². The van der Waals surface area contributed by atoms with Crippen molar-refractivity contribution in [3.8, 4) is 0 Å². The van der Waals surface area contributed by atoms with Crippen molar-refractivity contribution >= 4 is 11.3 Å². The summed E-state index contributed by atoms with van der Waals surface area (Å²) in [6, 6.07) is 2.05. The summed E-state index contributed by atoms with van der Waals surface area (Å²) in [4.78, 5) is 0. The highest BCUT2D eigenvalue weighted by Gasteiger charge is 2.06. The Morgan fingerprint density at radius 3 is 3.07 bits per heavy atom. The van der Waals surface area contributed by atoms with Crippen LogP contribution in [0.5, 0.6) is 0 Å². The fourth-order valence-corrected chi connectivity index (χ4v) is 1.81. The van der Waals surface area contributed by atoms with Crippen LogP contribution < -0.4 is 0 Å². The summed E-state index contributed by atoms with van der Waals surface area (Å²) in [5, 5.41) is 21.1. The first kappa shape index (κ1) is 9.36. The molecule has 0 aliphatic rings. The van der Waals surface area contributed by atoms with Crippen LogP contribution in [0.3, 0.4) is 0 Å². The van der Waals surface area contributed by atoms with Crippen LogP contribution in [0, 0.1) is 0 Å². The van der Waals surface area contributed by atoms with Gasteiger partial charge in [0.1, 0.15) is 5.69 Å². The molecule has 2 rings (SSSR count). The minimum atomic E-state index is -0.550. The summed E-state index contributed by atoms with van der Waals surface area (Å²) >= 11 is 1.66. The monoisotopic (exact) mass is 209 g/mol. The zero-order valence-corrected chi connectivity index (χ0v) is 8.61. The molecule has 1 N–H and O–H groups in total. The van der Waals surface area contributed by atoms with E-state index in [0.29, 0.717) is 12.2 Å². The lowest BCUT2D eigenvalue weighted by Crippen LogP contribution is -1.98. The summed E-state index contributed by atoms with van der Waals surface area (Å²) in [6.45, 7) is 2.39. The van der Waals surface area contributed by atoms with E-state index in [-0.39, 0.29) is 0 Å². The van der Waals surface area contributed by atoms with Crippen LogP contribution in [0.2, 0.25) is 0 Å². The number of hydrogen-bond donors (Lipinski definition) is 1. The SMILES string of the molecule is CC(O)c1cn(Cc2ccsc2)nn1. The second-order valence-electron chi connectivity index (χ2n) is 3.15. The predicted octanol–water partition coefficient (Wildman–Crippen LogP) is 1.44. The summed E-state index contributed by atoms with van der Waals surface area (Å²) in [5.74, 6) is 0. The lowest BCUT2D eigenvalue weighted by molar-refractivity contribution is 0.194. The van der Waals surface area contributed by atoms with E-state index < -0.39 is 6.10 Å². The van der Waals surface area contributed by atoms with Gasteiger partial charge in [-0.3, -0.25) is 0 Å². The lowest BCUT2D eigenvalue weighted by atomic mass is 10.3. The number of rotatable bonds is 3. The minimum Gasteiger partial charge on any atom is -0.387 e. The number of aromatic nitrogens is 3. The Labute approximate surface area is 85.8 Å². The van der Waals surface area contributed by atoms with E-state index in [1.54, 1.807) is 29.1 Å². The third-order valence-corrected chi connectivity index (χ3v) is 2.64. The summed E-state index contributed by atoms with van der Waals surface area (Å²) in [5.41, 5.74) is 1.82. The third kappa shape index (κ3) is 2.00. The van der Waals surface area contributed by atoms with Crippen molar-refractivity contribution in [1.29, 1.82) is 0 Å². The number of nitrogens with zero attached hydrogens (tertiary/aromatic N) is 3. The zero-order chi connectivity index (χ0) is 9.97. The second kappa shape index (κ2) is 3.89. The molecular formula is C9H11N3OS. The molecule has 2 aromatic heterocycles. The number of thiophene rings is 1. The average Bonchev–Trinajstić information content (AvgIpc) is 2.75. The molecule has 0 saturated heterocycles. The molecule has 0 aliphatic carbocycles. The van der Waals surface area contributed by atoms with Crippen LogP contribution in [0.25, 0.3) is 0 Å². The Balaban J connectivity index is 2.11. The van der Waals surface area contributed by atoms with E-state index in [2.05, 4.69) is 15.7 Å². The Bertz CT molecular complexity index is 394. The zero-order valence-electron chi connectivity index (χ0n) is 7.79. The lowest BCUT2D eigenvalue weighted by Gasteiger charge is -1.96. The van der Waals surface area contributed by atoms with Gasteiger partial charge in [0.2, 0.25) is 0 Å². The maximum atomic E-state index is 9.25. The van der Waals surface area contributed by atoms with E-state index in [4.69, 9.17) is 0 Å². The standard InChI is InChI=1S/C9H11N3OS/c1-7(13)9-5-12(11-10-9)4-8-2-3-14-6-8/h2-3,5-7,13H,4H2,1H3. The smallest absolute Gasteiger partial charge is 0.111 e. The first-order valence-electron chi connectivity index (χ1n) is 4.35. The molecule has 0 aliphatic heterocycles. The van der Waals surface area contributed by atoms with Crippen LogP contribution in [0.15, 0.2) is 23.0 Å². The summed E-state index contributed by atoms with van der Waals surface area (Å²) in [6.07, 6.45) is 1.22. The Kier molecular flexibility index (Phi) is 2.60. The Hall–Kier alpha value is -1.20. The van der Waals surface area contributed by atoms with Crippen molar-refractivity contribution in [2.24, 2.45) is 0 Å². The van der Waals surface area contributed by atoms with Gasteiger partial charge >= 0.3 is 0 Å². The molecule has 0 aromatic carbocycles. The van der Waals surface area contributed by atoms with Crippen molar-refractivity contribution in [3.63, 3.8) is 0 Å². The van der Waals surface area contributed by atoms with Crippen molar-refractivity contribution in [3.05, 3.63) is 34.3 Å². The molecule has 0 spiro atoms. The largest absolute Gasteiger partial charge is 0.387 e. The Morgan fingerprint density at radius 1 is 1.64 bits per heavy atom. The van der Waals surface area contributed by atoms with E-state index >= 15 is 0 Å². The maximum absolute atomic E-state index is 9.25. The normalized spacial score (nSPS) is 13.0. The molecular weight excluding hydrogens is 198 g/mol. The number of hydrogen-bond acceptors (Lipinski definition) is 4. The summed E-state index contributed by atoms with van der Waals surface area (Å²) in [7, 11) is 0. The molecule has 74 valence electrons. The van der Waals surface area contributed by atoms with Gasteiger partial charge < -0.3 is 5.11 Å². The molecule has 5 heteroatoms. The van der Waals surface area contributed by atoms with E-state index in [1.165, 1.54) is 5.56 Å². The van der Waals surface area contributed by atoms with Gasteiger partial charge in [-0.2, -0.15) is 11.3 Å². The van der Waals surface area contributed by atoms with Gasteiger partial charge in [-0.1, -0.05) is 5.21 Å². The van der Waals surface area contributed by atoms with Crippen molar-refractivity contribution in [2.75, 3.05) is 0 Å². The molecule has 0 fully saturated rings. The van der Waals surface area contributed by atoms with Gasteiger partial charge in [-0.15, -0.1) is 5.10 Å². The van der Waals surface area contributed by atoms with Crippen LogP contribution >= 0.6 is 11.3 Å². The third-order valence-electron chi connectivity index (χ3n) is 1.91. The van der Waals surface area contributed by atoms with Gasteiger partial charge in [-0.05, 0) is 29.3 Å². The average molecular weight is 209 g/mol. The van der Waals surface area contributed by atoms with E-state index in [0.717, 1.165) is 0 Å². The van der Waals surface area contributed by atoms with Gasteiger partial charge in [0.15, 0.2) is 0 Å². The van der Waals surface area contributed by atoms with Crippen LogP contribution in [-0.2, 0) is 6.54 Å². The van der Waals surface area contributed by atoms with Gasteiger partial charge in [-0.25, -0.2) is 4.68 Å². The van der Waals surface area contributed by atoms with Crippen LogP contribution in [-0.4, -0.2) is 20.1 Å². The first-order valence-corrected chi connectivity index (χ1v) is 5.29. The van der Waals surface area contributed by atoms with Crippen molar-refractivity contribution in [1.82, 2.24) is 15.0 Å².